The van der Waals surface area contributed by atoms with Crippen LogP contribution in [-0.4, -0.2) is 53.7 Å². The lowest BCUT2D eigenvalue weighted by atomic mass is 9.92. The molecule has 0 bridgehead atoms. The fourth-order valence-electron chi connectivity index (χ4n) is 3.75. The lowest BCUT2D eigenvalue weighted by Crippen LogP contribution is -2.39. The second-order valence-electron chi connectivity index (χ2n) is 7.92. The van der Waals surface area contributed by atoms with E-state index in [0.717, 1.165) is 16.7 Å². The molecule has 0 saturated heterocycles. The molecule has 9 heteroatoms. The summed E-state index contributed by atoms with van der Waals surface area (Å²) in [6.45, 7) is 2.49. The Balaban J connectivity index is 1.78. The second kappa shape index (κ2) is 12.9. The van der Waals surface area contributed by atoms with Crippen LogP contribution in [-0.2, 0) is 20.7 Å². The van der Waals surface area contributed by atoms with Gasteiger partial charge in [-0.05, 0) is 55.0 Å². The van der Waals surface area contributed by atoms with Crippen molar-refractivity contribution in [1.29, 1.82) is 0 Å². The van der Waals surface area contributed by atoms with Gasteiger partial charge in [-0.25, -0.2) is 0 Å². The van der Waals surface area contributed by atoms with Gasteiger partial charge in [0.1, 0.15) is 5.69 Å². The zero-order valence-corrected chi connectivity index (χ0v) is 20.0. The summed E-state index contributed by atoms with van der Waals surface area (Å²) < 4.78 is 10.4. The van der Waals surface area contributed by atoms with Crippen molar-refractivity contribution in [2.24, 2.45) is 5.92 Å². The average molecular weight is 485 g/mol. The summed E-state index contributed by atoms with van der Waals surface area (Å²) in [6.07, 6.45) is 2.80. The molecule has 2 aromatic carbocycles. The molecule has 3 rings (SSSR count). The Kier molecular flexibility index (Phi) is 9.61. The topological polar surface area (TPSA) is 106 Å². The van der Waals surface area contributed by atoms with Crippen molar-refractivity contribution >= 4 is 23.5 Å². The highest BCUT2D eigenvalue weighted by Crippen LogP contribution is 2.24. The van der Waals surface area contributed by atoms with Gasteiger partial charge in [-0.3, -0.25) is 14.7 Å². The minimum Gasteiger partial charge on any atom is -0.466 e. The van der Waals surface area contributed by atoms with Crippen molar-refractivity contribution in [3.8, 4) is 11.1 Å². The molecular weight excluding hydrogens is 456 g/mol. The maximum absolute atomic E-state index is 12.7. The van der Waals surface area contributed by atoms with E-state index in [1.165, 1.54) is 6.20 Å². The van der Waals surface area contributed by atoms with Crippen LogP contribution in [0.5, 0.6) is 0 Å². The van der Waals surface area contributed by atoms with E-state index in [4.69, 9.17) is 21.1 Å². The highest BCUT2D eigenvalue weighted by molar-refractivity contribution is 6.30. The van der Waals surface area contributed by atoms with Crippen LogP contribution >= 0.6 is 11.6 Å². The minimum atomic E-state index is -0.407. The summed E-state index contributed by atoms with van der Waals surface area (Å²) in [4.78, 5) is 25.2. The molecule has 0 spiro atoms. The maximum atomic E-state index is 12.7. The van der Waals surface area contributed by atoms with Crippen molar-refractivity contribution in [1.82, 2.24) is 20.7 Å². The summed E-state index contributed by atoms with van der Waals surface area (Å²) in [5, 5.41) is 13.5. The summed E-state index contributed by atoms with van der Waals surface area (Å²) in [5.41, 5.74) is 3.34. The van der Waals surface area contributed by atoms with E-state index in [2.05, 4.69) is 20.7 Å². The Morgan fingerprint density at radius 1 is 1.15 bits per heavy atom. The van der Waals surface area contributed by atoms with Crippen molar-refractivity contribution in [3.05, 3.63) is 71.0 Å². The van der Waals surface area contributed by atoms with Crippen LogP contribution in [0.15, 0.2) is 54.7 Å². The number of methoxy groups -OCH3 is 1. The minimum absolute atomic E-state index is 0.255. The molecule has 8 nitrogen and oxygen atoms in total. The molecule has 0 radical (unpaired) electrons. The number of ether oxygens (including phenoxy) is 2. The van der Waals surface area contributed by atoms with E-state index in [1.54, 1.807) is 14.0 Å². The van der Waals surface area contributed by atoms with Crippen LogP contribution in [0.2, 0.25) is 5.02 Å². The Morgan fingerprint density at radius 2 is 1.94 bits per heavy atom. The van der Waals surface area contributed by atoms with Crippen molar-refractivity contribution in [3.63, 3.8) is 0 Å². The number of nitrogens with zero attached hydrogens (tertiary/aromatic N) is 2. The zero-order chi connectivity index (χ0) is 24.3. The van der Waals surface area contributed by atoms with E-state index in [9.17, 15) is 9.59 Å². The van der Waals surface area contributed by atoms with Crippen LogP contribution in [0.3, 0.4) is 0 Å². The molecule has 1 aromatic heterocycles. The molecule has 0 saturated carbocycles. The van der Waals surface area contributed by atoms with Gasteiger partial charge in [0.25, 0.3) is 5.91 Å². The normalized spacial score (nSPS) is 12.7. The van der Waals surface area contributed by atoms with Crippen LogP contribution < -0.4 is 5.32 Å². The molecule has 0 aliphatic carbocycles. The van der Waals surface area contributed by atoms with Gasteiger partial charge < -0.3 is 14.8 Å². The van der Waals surface area contributed by atoms with Gasteiger partial charge in [0.15, 0.2) is 0 Å². The lowest BCUT2D eigenvalue weighted by molar-refractivity contribution is -0.149. The molecule has 180 valence electrons. The second-order valence-corrected chi connectivity index (χ2v) is 8.35. The van der Waals surface area contributed by atoms with Gasteiger partial charge in [0, 0.05) is 24.8 Å². The quantitative estimate of drug-likeness (QED) is 0.375. The van der Waals surface area contributed by atoms with Gasteiger partial charge in [-0.15, -0.1) is 5.10 Å². The summed E-state index contributed by atoms with van der Waals surface area (Å²) in [7, 11) is 1.59. The number of hydrogen-bond donors (Lipinski definition) is 2. The summed E-state index contributed by atoms with van der Waals surface area (Å²) in [5.74, 6) is -1.03. The smallest absolute Gasteiger partial charge is 0.309 e. The van der Waals surface area contributed by atoms with Crippen LogP contribution in [0.1, 0.15) is 35.8 Å². The van der Waals surface area contributed by atoms with Crippen molar-refractivity contribution in [2.45, 2.75) is 32.2 Å². The first-order chi connectivity index (χ1) is 16.5. The van der Waals surface area contributed by atoms with Gasteiger partial charge in [0.2, 0.25) is 0 Å². The number of benzene rings is 2. The molecule has 0 aliphatic rings. The monoisotopic (exact) mass is 484 g/mol. The molecule has 1 amide bonds. The molecule has 3 aromatic rings. The average Bonchev–Trinajstić information content (AvgIpc) is 3.37. The standard InChI is InChI=1S/C25H29ClN4O4/c1-3-34-25(32)20(11-12-33-2)15-22(28-24(31)23-16-27-30-29-23)13-17-7-9-18(10-8-17)19-5-4-6-21(26)14-19/h4-10,14,16,20,22H,3,11-13,15H2,1-2H3,(H,28,31)(H,27,29,30)/t20-,22-/m1/s1. The van der Waals surface area contributed by atoms with E-state index in [1.807, 2.05) is 48.5 Å². The van der Waals surface area contributed by atoms with Gasteiger partial charge in [-0.2, -0.15) is 0 Å². The Labute approximate surface area is 204 Å². The number of H-pyrrole nitrogens is 1. The number of carbonyl (C=O) groups is 2. The maximum Gasteiger partial charge on any atom is 0.309 e. The summed E-state index contributed by atoms with van der Waals surface area (Å²) >= 11 is 6.12. The molecular formula is C25H29ClN4O4. The number of esters is 1. The first kappa shape index (κ1) is 25.4. The highest BCUT2D eigenvalue weighted by atomic mass is 35.5. The number of aromatic nitrogens is 3. The van der Waals surface area contributed by atoms with E-state index in [-0.39, 0.29) is 23.6 Å². The first-order valence-electron chi connectivity index (χ1n) is 11.2. The number of amides is 1. The van der Waals surface area contributed by atoms with Crippen molar-refractivity contribution < 1.29 is 19.1 Å². The Hall–Kier alpha value is -3.23. The molecule has 34 heavy (non-hydrogen) atoms. The van der Waals surface area contributed by atoms with Crippen LogP contribution in [0.25, 0.3) is 11.1 Å². The zero-order valence-electron chi connectivity index (χ0n) is 19.3. The Bertz CT molecular complexity index is 1060. The number of halogens is 1. The van der Waals surface area contributed by atoms with E-state index >= 15 is 0 Å². The third-order valence-corrected chi connectivity index (χ3v) is 5.68. The van der Waals surface area contributed by atoms with Crippen LogP contribution in [0.4, 0.5) is 0 Å². The number of carbonyl (C=O) groups excluding carboxylic acids is 2. The molecule has 2 N–H and O–H groups in total. The highest BCUT2D eigenvalue weighted by Gasteiger charge is 2.26. The fourth-order valence-corrected chi connectivity index (χ4v) is 3.94. The molecule has 0 unspecified atom stereocenters. The number of rotatable bonds is 12. The van der Waals surface area contributed by atoms with Gasteiger partial charge >= 0.3 is 5.97 Å². The SMILES string of the molecule is CCOC(=O)[C@H](CCOC)C[C@@H](Cc1ccc(-c2cccc(Cl)c2)cc1)NC(=O)c1cnn[nH]1. The van der Waals surface area contributed by atoms with Crippen LogP contribution in [0, 0.1) is 5.92 Å². The first-order valence-corrected chi connectivity index (χ1v) is 11.5. The fraction of sp³-hybridized carbons (Fsp3) is 0.360. The molecule has 2 atom stereocenters. The van der Waals surface area contributed by atoms with E-state index in [0.29, 0.717) is 37.5 Å². The van der Waals surface area contributed by atoms with Gasteiger partial charge in [0.05, 0.1) is 18.7 Å². The number of hydrogen-bond acceptors (Lipinski definition) is 6. The predicted octanol–water partition coefficient (Wildman–Crippen LogP) is 4.07. The third kappa shape index (κ3) is 7.40. The number of nitrogens with one attached hydrogen (secondary N) is 2. The third-order valence-electron chi connectivity index (χ3n) is 5.45. The largest absolute Gasteiger partial charge is 0.466 e. The molecule has 0 fully saturated rings. The predicted molar refractivity (Wildman–Crippen MR) is 129 cm³/mol. The van der Waals surface area contributed by atoms with Gasteiger partial charge in [-0.1, -0.05) is 53.2 Å². The van der Waals surface area contributed by atoms with Crippen molar-refractivity contribution in [2.75, 3.05) is 20.3 Å². The molecule has 1 heterocycles. The summed E-state index contributed by atoms with van der Waals surface area (Å²) in [6, 6.07) is 15.4. The Morgan fingerprint density at radius 3 is 2.59 bits per heavy atom. The van der Waals surface area contributed by atoms with E-state index < -0.39 is 5.92 Å². The number of aromatic amines is 1. The lowest BCUT2D eigenvalue weighted by Gasteiger charge is -2.23. The molecule has 0 aliphatic heterocycles.